The zero-order chi connectivity index (χ0) is 8.01. The molecule has 2 saturated carbocycles. The molecule has 0 aromatic carbocycles. The van der Waals surface area contributed by atoms with Crippen LogP contribution in [0.3, 0.4) is 0 Å². The number of alkyl halides is 1. The van der Waals surface area contributed by atoms with E-state index < -0.39 is 0 Å². The molecular weight excluding hydrogens is 208 g/mol. The minimum Gasteiger partial charge on any atom is -0.392 e. The number of carbonyl (C=O) groups excluding carboxylic acids is 1. The average molecular weight is 219 g/mol. The Kier molecular flexibility index (Phi) is 1.80. The first kappa shape index (κ1) is 7.74. The van der Waals surface area contributed by atoms with Crippen molar-refractivity contribution in [1.82, 2.24) is 0 Å². The fraction of sp³-hybridized carbons (Fsp3) is 0.875. The SMILES string of the molecule is O=C1CC[C@H]2C[C@H](O)[C@@H](Br)[C@@H]12. The van der Waals surface area contributed by atoms with Gasteiger partial charge < -0.3 is 5.11 Å². The highest BCUT2D eigenvalue weighted by atomic mass is 79.9. The lowest BCUT2D eigenvalue weighted by atomic mass is 10.0. The Balaban J connectivity index is 2.20. The van der Waals surface area contributed by atoms with Crippen molar-refractivity contribution in [2.24, 2.45) is 11.8 Å². The summed E-state index contributed by atoms with van der Waals surface area (Å²) in [6, 6.07) is 0. The second kappa shape index (κ2) is 2.56. The first-order chi connectivity index (χ1) is 5.20. The van der Waals surface area contributed by atoms with Crippen LogP contribution in [0.15, 0.2) is 0 Å². The maximum atomic E-state index is 11.3. The number of carbonyl (C=O) groups is 1. The van der Waals surface area contributed by atoms with Gasteiger partial charge in [-0.05, 0) is 18.8 Å². The zero-order valence-corrected chi connectivity index (χ0v) is 7.75. The molecular formula is C8H11BrO2. The van der Waals surface area contributed by atoms with E-state index in [9.17, 15) is 9.90 Å². The molecule has 0 spiro atoms. The number of rotatable bonds is 0. The van der Waals surface area contributed by atoms with Crippen LogP contribution in [0.5, 0.6) is 0 Å². The molecule has 0 unspecified atom stereocenters. The minimum atomic E-state index is -0.297. The van der Waals surface area contributed by atoms with Crippen LogP contribution in [0.2, 0.25) is 0 Å². The molecule has 2 aliphatic rings. The number of Topliss-reactive ketones (excluding diaryl/α,β-unsaturated/α-hetero) is 1. The molecule has 3 heteroatoms. The van der Waals surface area contributed by atoms with Crippen LogP contribution in [0.1, 0.15) is 19.3 Å². The molecule has 0 aromatic rings. The Morgan fingerprint density at radius 3 is 2.91 bits per heavy atom. The predicted octanol–water partition coefficient (Wildman–Crippen LogP) is 1.11. The largest absolute Gasteiger partial charge is 0.392 e. The van der Waals surface area contributed by atoms with Gasteiger partial charge in [0.2, 0.25) is 0 Å². The fourth-order valence-electron chi connectivity index (χ4n) is 2.32. The average Bonchev–Trinajstić information content (AvgIpc) is 2.41. The van der Waals surface area contributed by atoms with Crippen LogP contribution in [-0.4, -0.2) is 21.8 Å². The van der Waals surface area contributed by atoms with E-state index in [-0.39, 0.29) is 16.8 Å². The van der Waals surface area contributed by atoms with Crippen molar-refractivity contribution in [1.29, 1.82) is 0 Å². The molecule has 1 N–H and O–H groups in total. The summed E-state index contributed by atoms with van der Waals surface area (Å²) in [6.45, 7) is 0. The van der Waals surface area contributed by atoms with Crippen molar-refractivity contribution in [3.63, 3.8) is 0 Å². The Morgan fingerprint density at radius 2 is 2.27 bits per heavy atom. The predicted molar refractivity (Wildman–Crippen MR) is 44.6 cm³/mol. The standard InChI is InChI=1S/C8H11BrO2/c9-8-6(11)3-4-1-2-5(10)7(4)8/h4,6-8,11H,1-3H2/t4-,6-,7+,8+/m0/s1. The lowest BCUT2D eigenvalue weighted by Crippen LogP contribution is -2.23. The quantitative estimate of drug-likeness (QED) is 0.619. The van der Waals surface area contributed by atoms with Crippen molar-refractivity contribution in [2.45, 2.75) is 30.2 Å². The first-order valence-corrected chi connectivity index (χ1v) is 4.96. The highest BCUT2D eigenvalue weighted by Gasteiger charge is 2.48. The van der Waals surface area contributed by atoms with E-state index >= 15 is 0 Å². The van der Waals surface area contributed by atoms with Gasteiger partial charge in [-0.1, -0.05) is 15.9 Å². The Hall–Kier alpha value is 0.110. The molecule has 0 bridgehead atoms. The zero-order valence-electron chi connectivity index (χ0n) is 6.16. The van der Waals surface area contributed by atoms with Crippen LogP contribution in [-0.2, 0) is 4.79 Å². The number of hydrogen-bond donors (Lipinski definition) is 1. The number of hydrogen-bond acceptors (Lipinski definition) is 2. The maximum absolute atomic E-state index is 11.3. The van der Waals surface area contributed by atoms with Gasteiger partial charge in [0.1, 0.15) is 5.78 Å². The lowest BCUT2D eigenvalue weighted by Gasteiger charge is -2.11. The molecule has 0 aliphatic heterocycles. The topological polar surface area (TPSA) is 37.3 Å². The Morgan fingerprint density at radius 1 is 1.55 bits per heavy atom. The molecule has 0 saturated heterocycles. The molecule has 0 heterocycles. The van der Waals surface area contributed by atoms with Crippen molar-refractivity contribution in [2.75, 3.05) is 0 Å². The molecule has 2 nitrogen and oxygen atoms in total. The summed E-state index contributed by atoms with van der Waals surface area (Å²) in [6.07, 6.45) is 2.23. The summed E-state index contributed by atoms with van der Waals surface area (Å²) in [7, 11) is 0. The molecule has 62 valence electrons. The molecule has 0 radical (unpaired) electrons. The fourth-order valence-corrected chi connectivity index (χ4v) is 3.26. The number of halogens is 1. The summed E-state index contributed by atoms with van der Waals surface area (Å²) in [5.74, 6) is 0.917. The van der Waals surface area contributed by atoms with E-state index in [1.165, 1.54) is 0 Å². The van der Waals surface area contributed by atoms with E-state index in [0.29, 0.717) is 11.7 Å². The molecule has 2 rings (SSSR count). The number of ketones is 1. The van der Waals surface area contributed by atoms with Crippen molar-refractivity contribution in [3.05, 3.63) is 0 Å². The van der Waals surface area contributed by atoms with Gasteiger partial charge in [-0.25, -0.2) is 0 Å². The maximum Gasteiger partial charge on any atom is 0.137 e. The molecule has 0 amide bonds. The Labute approximate surface area is 74.1 Å². The molecule has 2 fully saturated rings. The summed E-state index contributed by atoms with van der Waals surface area (Å²) >= 11 is 3.38. The van der Waals surface area contributed by atoms with E-state index in [1.54, 1.807) is 0 Å². The summed E-state index contributed by atoms with van der Waals surface area (Å²) in [5.41, 5.74) is 0. The summed E-state index contributed by atoms with van der Waals surface area (Å²) in [4.78, 5) is 11.3. The van der Waals surface area contributed by atoms with Gasteiger partial charge in [-0.3, -0.25) is 4.79 Å². The number of fused-ring (bicyclic) bond motifs is 1. The van der Waals surface area contributed by atoms with E-state index in [0.717, 1.165) is 19.3 Å². The minimum absolute atomic E-state index is 0.0301. The van der Waals surface area contributed by atoms with Crippen LogP contribution in [0.25, 0.3) is 0 Å². The van der Waals surface area contributed by atoms with Gasteiger partial charge in [-0.2, -0.15) is 0 Å². The van der Waals surface area contributed by atoms with Crippen LogP contribution in [0, 0.1) is 11.8 Å². The number of aliphatic hydroxyl groups excluding tert-OH is 1. The highest BCUT2D eigenvalue weighted by Crippen LogP contribution is 2.45. The Bertz CT molecular complexity index is 191. The smallest absolute Gasteiger partial charge is 0.137 e. The van der Waals surface area contributed by atoms with E-state index in [2.05, 4.69) is 15.9 Å². The normalized spacial score (nSPS) is 49.8. The van der Waals surface area contributed by atoms with Crippen molar-refractivity contribution >= 4 is 21.7 Å². The van der Waals surface area contributed by atoms with Gasteiger partial charge in [0.05, 0.1) is 10.9 Å². The van der Waals surface area contributed by atoms with Gasteiger partial charge in [0, 0.05) is 12.3 Å². The molecule has 2 aliphatic carbocycles. The van der Waals surface area contributed by atoms with Crippen LogP contribution < -0.4 is 0 Å². The van der Waals surface area contributed by atoms with Crippen LogP contribution >= 0.6 is 15.9 Å². The first-order valence-electron chi connectivity index (χ1n) is 4.05. The van der Waals surface area contributed by atoms with Crippen molar-refractivity contribution < 1.29 is 9.90 Å². The third kappa shape index (κ3) is 1.05. The van der Waals surface area contributed by atoms with Crippen LogP contribution in [0.4, 0.5) is 0 Å². The lowest BCUT2D eigenvalue weighted by molar-refractivity contribution is -0.120. The third-order valence-electron chi connectivity index (χ3n) is 2.90. The van der Waals surface area contributed by atoms with E-state index in [4.69, 9.17) is 0 Å². The second-order valence-electron chi connectivity index (χ2n) is 3.54. The highest BCUT2D eigenvalue weighted by molar-refractivity contribution is 9.09. The van der Waals surface area contributed by atoms with Gasteiger partial charge in [-0.15, -0.1) is 0 Å². The molecule has 4 atom stereocenters. The summed E-state index contributed by atoms with van der Waals surface area (Å²) < 4.78 is 0. The monoisotopic (exact) mass is 218 g/mol. The molecule has 0 aromatic heterocycles. The van der Waals surface area contributed by atoms with Crippen molar-refractivity contribution in [3.8, 4) is 0 Å². The van der Waals surface area contributed by atoms with Gasteiger partial charge in [0.25, 0.3) is 0 Å². The van der Waals surface area contributed by atoms with E-state index in [1.807, 2.05) is 0 Å². The summed E-state index contributed by atoms with van der Waals surface area (Å²) in [5, 5.41) is 9.42. The van der Waals surface area contributed by atoms with Gasteiger partial charge in [0.15, 0.2) is 0 Å². The van der Waals surface area contributed by atoms with Gasteiger partial charge >= 0.3 is 0 Å². The third-order valence-corrected chi connectivity index (χ3v) is 4.08. The number of aliphatic hydroxyl groups is 1. The molecule has 11 heavy (non-hydrogen) atoms. The second-order valence-corrected chi connectivity index (χ2v) is 4.60.